The molecular formula is C22H16N4O4. The molecule has 3 aromatic rings. The van der Waals surface area contributed by atoms with Crippen molar-refractivity contribution in [2.75, 3.05) is 10.6 Å². The lowest BCUT2D eigenvalue weighted by Crippen LogP contribution is -2.15. The van der Waals surface area contributed by atoms with E-state index < -0.39 is 10.8 Å². The van der Waals surface area contributed by atoms with Crippen LogP contribution in [0.15, 0.2) is 90.6 Å². The van der Waals surface area contributed by atoms with Crippen molar-refractivity contribution in [1.82, 2.24) is 0 Å². The first-order chi connectivity index (χ1) is 14.6. The molecule has 0 saturated heterocycles. The summed E-state index contributed by atoms with van der Waals surface area (Å²) in [6, 6.07) is 23.7. The monoisotopic (exact) mass is 400 g/mol. The Morgan fingerprint density at radius 3 is 2.27 bits per heavy atom. The van der Waals surface area contributed by atoms with Crippen LogP contribution in [0.3, 0.4) is 0 Å². The van der Waals surface area contributed by atoms with Gasteiger partial charge in [-0.1, -0.05) is 30.3 Å². The summed E-state index contributed by atoms with van der Waals surface area (Å²) >= 11 is 0. The molecule has 0 bridgehead atoms. The highest BCUT2D eigenvalue weighted by molar-refractivity contribution is 6.07. The van der Waals surface area contributed by atoms with E-state index in [0.717, 1.165) is 0 Å². The highest BCUT2D eigenvalue weighted by Crippen LogP contribution is 2.24. The topological polar surface area (TPSA) is 117 Å². The fourth-order valence-corrected chi connectivity index (χ4v) is 2.48. The van der Waals surface area contributed by atoms with E-state index in [0.29, 0.717) is 17.2 Å². The standard InChI is InChI=1S/C22H16N4O4/c23-14-16(22(27)25-20-8-4-5-9-21(20)26(28)29)15-24-17-10-12-19(13-11-17)30-18-6-2-1-3-7-18/h1-13,15,24H,(H,25,27)/b16-15-. The predicted octanol–water partition coefficient (Wildman–Crippen LogP) is 4.85. The molecule has 30 heavy (non-hydrogen) atoms. The zero-order chi connectivity index (χ0) is 21.3. The van der Waals surface area contributed by atoms with Crippen molar-refractivity contribution in [1.29, 1.82) is 5.26 Å². The molecule has 0 spiro atoms. The van der Waals surface area contributed by atoms with E-state index in [2.05, 4.69) is 10.6 Å². The number of hydrogen-bond donors (Lipinski definition) is 2. The smallest absolute Gasteiger partial charge is 0.292 e. The van der Waals surface area contributed by atoms with Gasteiger partial charge < -0.3 is 15.4 Å². The fourth-order valence-electron chi connectivity index (χ4n) is 2.48. The van der Waals surface area contributed by atoms with Gasteiger partial charge in [-0.15, -0.1) is 0 Å². The van der Waals surface area contributed by atoms with Gasteiger partial charge in [-0.3, -0.25) is 14.9 Å². The third-order valence-electron chi connectivity index (χ3n) is 3.93. The molecule has 8 heteroatoms. The Bertz CT molecular complexity index is 1120. The van der Waals surface area contributed by atoms with Crippen LogP contribution in [0.1, 0.15) is 0 Å². The molecule has 3 rings (SSSR count). The van der Waals surface area contributed by atoms with Crippen LogP contribution in [0.2, 0.25) is 0 Å². The molecule has 0 atom stereocenters. The van der Waals surface area contributed by atoms with Crippen LogP contribution >= 0.6 is 0 Å². The maximum Gasteiger partial charge on any atom is 0.292 e. The van der Waals surface area contributed by atoms with Gasteiger partial charge in [0, 0.05) is 18.0 Å². The molecule has 0 heterocycles. The summed E-state index contributed by atoms with van der Waals surface area (Å²) in [5.74, 6) is 0.574. The number of nitrogens with zero attached hydrogens (tertiary/aromatic N) is 2. The van der Waals surface area contributed by atoms with Crippen LogP contribution in [0.25, 0.3) is 0 Å². The summed E-state index contributed by atoms with van der Waals surface area (Å²) in [5.41, 5.74) is 0.139. The number of amides is 1. The first-order valence-corrected chi connectivity index (χ1v) is 8.81. The number of nitriles is 1. The van der Waals surface area contributed by atoms with Crippen molar-refractivity contribution >= 4 is 23.0 Å². The maximum atomic E-state index is 12.3. The molecular weight excluding hydrogens is 384 g/mol. The van der Waals surface area contributed by atoms with Crippen LogP contribution in [0.4, 0.5) is 17.1 Å². The normalized spacial score (nSPS) is 10.6. The second-order valence-corrected chi connectivity index (χ2v) is 5.98. The Morgan fingerprint density at radius 2 is 1.60 bits per heavy atom. The van der Waals surface area contributed by atoms with Gasteiger partial charge in [0.05, 0.1) is 4.92 Å². The largest absolute Gasteiger partial charge is 0.457 e. The number of carbonyl (C=O) groups excluding carboxylic acids is 1. The van der Waals surface area contributed by atoms with Crippen LogP contribution in [-0.2, 0) is 4.79 Å². The Kier molecular flexibility index (Phi) is 6.38. The molecule has 0 aliphatic carbocycles. The van der Waals surface area contributed by atoms with Crippen LogP contribution in [-0.4, -0.2) is 10.8 Å². The van der Waals surface area contributed by atoms with Crippen LogP contribution < -0.4 is 15.4 Å². The minimum Gasteiger partial charge on any atom is -0.457 e. The Hall–Kier alpha value is -4.64. The van der Waals surface area contributed by atoms with E-state index in [1.807, 2.05) is 30.3 Å². The van der Waals surface area contributed by atoms with Gasteiger partial charge in [0.15, 0.2) is 0 Å². The lowest BCUT2D eigenvalue weighted by atomic mass is 10.2. The predicted molar refractivity (Wildman–Crippen MR) is 112 cm³/mol. The Labute approximate surface area is 172 Å². The average Bonchev–Trinajstić information content (AvgIpc) is 2.76. The minimum atomic E-state index is -0.761. The summed E-state index contributed by atoms with van der Waals surface area (Å²) in [6.45, 7) is 0. The average molecular weight is 400 g/mol. The number of nitro benzene ring substituents is 1. The Balaban J connectivity index is 1.66. The molecule has 8 nitrogen and oxygen atoms in total. The quantitative estimate of drug-likeness (QED) is 0.253. The minimum absolute atomic E-state index is 0.0102. The zero-order valence-electron chi connectivity index (χ0n) is 15.6. The van der Waals surface area contributed by atoms with Gasteiger partial charge >= 0.3 is 0 Å². The summed E-state index contributed by atoms with van der Waals surface area (Å²) in [7, 11) is 0. The third-order valence-corrected chi connectivity index (χ3v) is 3.93. The molecule has 0 unspecified atom stereocenters. The molecule has 1 amide bonds. The molecule has 0 aliphatic rings. The number of anilines is 2. The highest BCUT2D eigenvalue weighted by Gasteiger charge is 2.17. The van der Waals surface area contributed by atoms with Crippen molar-refractivity contribution < 1.29 is 14.5 Å². The van der Waals surface area contributed by atoms with E-state index in [-0.39, 0.29) is 16.9 Å². The first-order valence-electron chi connectivity index (χ1n) is 8.81. The molecule has 3 aromatic carbocycles. The molecule has 0 radical (unpaired) electrons. The molecule has 0 fully saturated rings. The van der Waals surface area contributed by atoms with Crippen molar-refractivity contribution in [3.63, 3.8) is 0 Å². The highest BCUT2D eigenvalue weighted by atomic mass is 16.6. The number of para-hydroxylation sites is 3. The molecule has 148 valence electrons. The summed E-state index contributed by atoms with van der Waals surface area (Å²) in [4.78, 5) is 22.8. The second kappa shape index (κ2) is 9.52. The van der Waals surface area contributed by atoms with Gasteiger partial charge in [0.2, 0.25) is 0 Å². The van der Waals surface area contributed by atoms with Gasteiger partial charge in [-0.2, -0.15) is 5.26 Å². The number of benzene rings is 3. The maximum absolute atomic E-state index is 12.3. The number of ether oxygens (including phenoxy) is 1. The summed E-state index contributed by atoms with van der Waals surface area (Å²) in [6.07, 6.45) is 1.23. The summed E-state index contributed by atoms with van der Waals surface area (Å²) < 4.78 is 5.70. The summed E-state index contributed by atoms with van der Waals surface area (Å²) in [5, 5.41) is 25.6. The van der Waals surface area contributed by atoms with Crippen LogP contribution in [0, 0.1) is 21.4 Å². The van der Waals surface area contributed by atoms with E-state index in [1.165, 1.54) is 24.4 Å². The molecule has 0 saturated carbocycles. The SMILES string of the molecule is N#C/C(=C/Nc1ccc(Oc2ccccc2)cc1)C(=O)Nc1ccccc1[N+](=O)[O-]. The van der Waals surface area contributed by atoms with Crippen molar-refractivity contribution in [2.45, 2.75) is 0 Å². The van der Waals surface area contributed by atoms with Crippen molar-refractivity contribution in [3.05, 3.63) is 101 Å². The van der Waals surface area contributed by atoms with Gasteiger partial charge in [-0.05, 0) is 42.5 Å². The van der Waals surface area contributed by atoms with Crippen molar-refractivity contribution in [2.24, 2.45) is 0 Å². The van der Waals surface area contributed by atoms with Gasteiger partial charge in [0.1, 0.15) is 28.8 Å². The van der Waals surface area contributed by atoms with E-state index >= 15 is 0 Å². The molecule has 0 aliphatic heterocycles. The lowest BCUT2D eigenvalue weighted by Gasteiger charge is -2.07. The first kappa shape index (κ1) is 20.1. The van der Waals surface area contributed by atoms with E-state index in [4.69, 9.17) is 4.74 Å². The fraction of sp³-hybridized carbons (Fsp3) is 0. The van der Waals surface area contributed by atoms with Gasteiger partial charge in [-0.25, -0.2) is 0 Å². The molecule has 2 N–H and O–H groups in total. The third kappa shape index (κ3) is 5.21. The van der Waals surface area contributed by atoms with E-state index in [1.54, 1.807) is 36.4 Å². The van der Waals surface area contributed by atoms with Crippen molar-refractivity contribution in [3.8, 4) is 17.6 Å². The number of nitro groups is 1. The van der Waals surface area contributed by atoms with Crippen LogP contribution in [0.5, 0.6) is 11.5 Å². The number of hydrogen-bond acceptors (Lipinski definition) is 6. The second-order valence-electron chi connectivity index (χ2n) is 5.98. The molecule has 0 aromatic heterocycles. The lowest BCUT2D eigenvalue weighted by molar-refractivity contribution is -0.383. The zero-order valence-corrected chi connectivity index (χ0v) is 15.6. The van der Waals surface area contributed by atoms with Gasteiger partial charge in [0.25, 0.3) is 11.6 Å². The number of nitrogens with one attached hydrogen (secondary N) is 2. The van der Waals surface area contributed by atoms with E-state index in [9.17, 15) is 20.2 Å². The Morgan fingerprint density at radius 1 is 0.967 bits per heavy atom. The number of rotatable bonds is 7. The number of carbonyl (C=O) groups is 1.